The van der Waals surface area contributed by atoms with Crippen LogP contribution < -0.4 is 10.5 Å². The van der Waals surface area contributed by atoms with E-state index in [4.69, 9.17) is 5.73 Å². The summed E-state index contributed by atoms with van der Waals surface area (Å²) in [7, 11) is -3.19. The summed E-state index contributed by atoms with van der Waals surface area (Å²) in [6, 6.07) is 7.01. The number of rotatable bonds is 4. The molecule has 1 aliphatic rings. The molecule has 1 aliphatic heterocycles. The average Bonchev–Trinajstić information content (AvgIpc) is 2.44. The third-order valence-corrected chi connectivity index (χ3v) is 4.32. The molecule has 1 fully saturated rings. The summed E-state index contributed by atoms with van der Waals surface area (Å²) in [5, 5.41) is 0. The fourth-order valence-electron chi connectivity index (χ4n) is 2.55. The first-order valence-electron chi connectivity index (χ1n) is 6.95. The molecule has 1 unspecified atom stereocenters. The molecule has 1 saturated heterocycles. The number of nitrogens with one attached hydrogen (secondary N) is 1. The molecular weight excluding hydrogens is 326 g/mol. The normalized spacial score (nSPS) is 18.6. The minimum absolute atomic E-state index is 0. The zero-order chi connectivity index (χ0) is 15.5. The van der Waals surface area contributed by atoms with Gasteiger partial charge in [0.25, 0.3) is 5.91 Å². The minimum Gasteiger partial charge on any atom is -0.398 e. The Morgan fingerprint density at radius 3 is 2.73 bits per heavy atom. The molecule has 22 heavy (non-hydrogen) atoms. The number of nitrogens with two attached hydrogens (primary N) is 1. The molecule has 1 heterocycles. The van der Waals surface area contributed by atoms with E-state index in [9.17, 15) is 13.2 Å². The molecule has 1 aromatic rings. The van der Waals surface area contributed by atoms with Crippen molar-refractivity contribution >= 4 is 34.0 Å². The van der Waals surface area contributed by atoms with Crippen molar-refractivity contribution in [2.45, 2.75) is 12.8 Å². The Morgan fingerprint density at radius 1 is 1.41 bits per heavy atom. The van der Waals surface area contributed by atoms with Crippen molar-refractivity contribution in [3.05, 3.63) is 29.8 Å². The minimum atomic E-state index is -3.19. The monoisotopic (exact) mass is 347 g/mol. The van der Waals surface area contributed by atoms with Crippen molar-refractivity contribution in [3.63, 3.8) is 0 Å². The van der Waals surface area contributed by atoms with Gasteiger partial charge < -0.3 is 10.6 Å². The van der Waals surface area contributed by atoms with E-state index in [0.717, 1.165) is 19.1 Å². The summed E-state index contributed by atoms with van der Waals surface area (Å²) in [6.07, 6.45) is 2.93. The van der Waals surface area contributed by atoms with Gasteiger partial charge >= 0.3 is 0 Å². The zero-order valence-corrected chi connectivity index (χ0v) is 14.1. The second-order valence-corrected chi connectivity index (χ2v) is 7.30. The van der Waals surface area contributed by atoms with Crippen molar-refractivity contribution < 1.29 is 13.2 Å². The summed E-state index contributed by atoms with van der Waals surface area (Å²) in [6.45, 7) is 1.60. The number of carbonyl (C=O) groups excluding carboxylic acids is 1. The maximum Gasteiger partial charge on any atom is 0.255 e. The van der Waals surface area contributed by atoms with Crippen LogP contribution in [0.5, 0.6) is 0 Å². The molecule has 1 atom stereocenters. The first kappa shape index (κ1) is 18.7. The molecular formula is C14H22ClN3O3S. The molecule has 1 aromatic carbocycles. The largest absolute Gasteiger partial charge is 0.398 e. The first-order chi connectivity index (χ1) is 9.87. The Morgan fingerprint density at radius 2 is 2.09 bits per heavy atom. The second-order valence-electron chi connectivity index (χ2n) is 5.47. The van der Waals surface area contributed by atoms with Crippen molar-refractivity contribution in [2.24, 2.45) is 5.92 Å². The Kier molecular flexibility index (Phi) is 6.65. The molecule has 0 saturated carbocycles. The Labute approximate surface area is 137 Å². The smallest absolute Gasteiger partial charge is 0.255 e. The van der Waals surface area contributed by atoms with Gasteiger partial charge in [-0.2, -0.15) is 0 Å². The summed E-state index contributed by atoms with van der Waals surface area (Å²) in [5.74, 6) is 0.0551. The maximum absolute atomic E-state index is 12.5. The van der Waals surface area contributed by atoms with E-state index in [1.165, 1.54) is 0 Å². The Bertz CT molecular complexity index is 622. The van der Waals surface area contributed by atoms with Gasteiger partial charge in [-0.25, -0.2) is 13.1 Å². The highest BCUT2D eigenvalue weighted by Gasteiger charge is 2.25. The zero-order valence-electron chi connectivity index (χ0n) is 12.5. The lowest BCUT2D eigenvalue weighted by Crippen LogP contribution is -2.43. The first-order valence-corrected chi connectivity index (χ1v) is 8.84. The predicted octanol–water partition coefficient (Wildman–Crippen LogP) is 1.09. The van der Waals surface area contributed by atoms with E-state index in [-0.39, 0.29) is 24.2 Å². The summed E-state index contributed by atoms with van der Waals surface area (Å²) < 4.78 is 24.8. The van der Waals surface area contributed by atoms with E-state index in [1.807, 2.05) is 0 Å². The molecule has 0 aliphatic carbocycles. The quantitative estimate of drug-likeness (QED) is 0.797. The fourth-order valence-corrected chi connectivity index (χ4v) is 3.09. The van der Waals surface area contributed by atoms with E-state index in [2.05, 4.69) is 4.72 Å². The van der Waals surface area contributed by atoms with Gasteiger partial charge in [0.2, 0.25) is 10.0 Å². The van der Waals surface area contributed by atoms with E-state index in [1.54, 1.807) is 29.2 Å². The number of sulfonamides is 1. The summed E-state index contributed by atoms with van der Waals surface area (Å²) in [4.78, 5) is 14.2. The topological polar surface area (TPSA) is 92.5 Å². The van der Waals surface area contributed by atoms with Gasteiger partial charge in [0.15, 0.2) is 0 Å². The van der Waals surface area contributed by atoms with Crippen LogP contribution in [0.3, 0.4) is 0 Å². The highest BCUT2D eigenvalue weighted by Crippen LogP contribution is 2.20. The number of para-hydroxylation sites is 1. The second kappa shape index (κ2) is 7.80. The van der Waals surface area contributed by atoms with Gasteiger partial charge in [0.05, 0.1) is 11.8 Å². The van der Waals surface area contributed by atoms with Crippen molar-refractivity contribution in [1.29, 1.82) is 0 Å². The molecule has 0 spiro atoms. The number of amides is 1. The van der Waals surface area contributed by atoms with E-state index in [0.29, 0.717) is 30.9 Å². The number of hydrogen-bond acceptors (Lipinski definition) is 4. The van der Waals surface area contributed by atoms with Crippen molar-refractivity contribution in [2.75, 3.05) is 31.6 Å². The molecule has 0 aromatic heterocycles. The van der Waals surface area contributed by atoms with Crippen LogP contribution in [0.2, 0.25) is 0 Å². The van der Waals surface area contributed by atoms with Crippen molar-refractivity contribution in [1.82, 2.24) is 9.62 Å². The fraction of sp³-hybridized carbons (Fsp3) is 0.500. The number of anilines is 1. The molecule has 2 rings (SSSR count). The third kappa shape index (κ3) is 5.15. The number of benzene rings is 1. The number of hydrogen-bond donors (Lipinski definition) is 2. The average molecular weight is 348 g/mol. The van der Waals surface area contributed by atoms with Gasteiger partial charge in [0.1, 0.15) is 0 Å². The van der Waals surface area contributed by atoms with Gasteiger partial charge in [0, 0.05) is 25.3 Å². The van der Waals surface area contributed by atoms with Crippen LogP contribution in [0.1, 0.15) is 23.2 Å². The lowest BCUT2D eigenvalue weighted by atomic mass is 9.97. The third-order valence-electron chi connectivity index (χ3n) is 3.63. The number of piperidine rings is 1. The standard InChI is InChI=1S/C14H21N3O3S.ClH/c1-21(19,20)16-9-11-5-4-8-17(10-11)14(18)12-6-2-3-7-13(12)15;/h2-3,6-7,11,16H,4-5,8-10,15H2,1H3;1H. The predicted molar refractivity (Wildman–Crippen MR) is 89.6 cm³/mol. The molecule has 8 heteroatoms. The summed E-state index contributed by atoms with van der Waals surface area (Å²) >= 11 is 0. The highest BCUT2D eigenvalue weighted by atomic mass is 35.5. The van der Waals surface area contributed by atoms with Crippen LogP contribution in [-0.2, 0) is 10.0 Å². The lowest BCUT2D eigenvalue weighted by Gasteiger charge is -2.33. The van der Waals surface area contributed by atoms with Crippen LogP contribution in [0.25, 0.3) is 0 Å². The number of nitrogen functional groups attached to an aromatic ring is 1. The number of likely N-dealkylation sites (tertiary alicyclic amines) is 1. The van der Waals surface area contributed by atoms with E-state index < -0.39 is 10.0 Å². The number of nitrogens with zero attached hydrogens (tertiary/aromatic N) is 1. The van der Waals surface area contributed by atoms with Crippen LogP contribution in [0, 0.1) is 5.92 Å². The Balaban J connectivity index is 0.00000242. The molecule has 0 radical (unpaired) electrons. The molecule has 124 valence electrons. The number of carbonyl (C=O) groups is 1. The van der Waals surface area contributed by atoms with Crippen LogP contribution >= 0.6 is 12.4 Å². The van der Waals surface area contributed by atoms with Crippen LogP contribution in [-0.4, -0.2) is 45.1 Å². The van der Waals surface area contributed by atoms with Crippen molar-refractivity contribution in [3.8, 4) is 0 Å². The van der Waals surface area contributed by atoms with Crippen LogP contribution in [0.15, 0.2) is 24.3 Å². The Hall–Kier alpha value is -1.31. The van der Waals surface area contributed by atoms with Gasteiger partial charge in [-0.05, 0) is 30.9 Å². The number of halogens is 1. The van der Waals surface area contributed by atoms with Crippen LogP contribution in [0.4, 0.5) is 5.69 Å². The maximum atomic E-state index is 12.5. The highest BCUT2D eigenvalue weighted by molar-refractivity contribution is 7.88. The molecule has 6 nitrogen and oxygen atoms in total. The van der Waals surface area contributed by atoms with Gasteiger partial charge in [-0.15, -0.1) is 12.4 Å². The summed E-state index contributed by atoms with van der Waals surface area (Å²) in [5.41, 5.74) is 6.82. The molecule has 3 N–H and O–H groups in total. The SMILES string of the molecule is CS(=O)(=O)NCC1CCCN(C(=O)c2ccccc2N)C1.Cl. The lowest BCUT2D eigenvalue weighted by molar-refractivity contribution is 0.0677. The van der Waals surface area contributed by atoms with Gasteiger partial charge in [-0.3, -0.25) is 4.79 Å². The van der Waals surface area contributed by atoms with Gasteiger partial charge in [-0.1, -0.05) is 12.1 Å². The van der Waals surface area contributed by atoms with E-state index >= 15 is 0 Å². The molecule has 1 amide bonds. The molecule has 0 bridgehead atoms.